The third-order valence-electron chi connectivity index (χ3n) is 5.77. The van der Waals surface area contributed by atoms with Crippen molar-refractivity contribution in [2.45, 2.75) is 135 Å². The van der Waals surface area contributed by atoms with E-state index in [0.29, 0.717) is 13.2 Å². The van der Waals surface area contributed by atoms with Gasteiger partial charge >= 0.3 is 0 Å². The molecule has 1 fully saturated rings. The molecule has 0 bridgehead atoms. The average molecular weight is 661 g/mol. The predicted molar refractivity (Wildman–Crippen MR) is 183 cm³/mol. The SMILES string of the molecule is C[Si](C)(C)OCC1OC(O[Si](C)(C)C)C(OCCc2ccc(O[Si](C)(C)C)cc2)C(O[Si](C)(C)C)C1O[Si](C)(C)C. The van der Waals surface area contributed by atoms with E-state index in [1.54, 1.807) is 0 Å². The van der Waals surface area contributed by atoms with Gasteiger partial charge in [-0.3, -0.25) is 0 Å². The molecule has 0 aliphatic carbocycles. The Morgan fingerprint density at radius 1 is 0.585 bits per heavy atom. The van der Waals surface area contributed by atoms with Gasteiger partial charge < -0.3 is 31.6 Å². The molecule has 2 rings (SSSR count). The molecule has 0 amide bonds. The monoisotopic (exact) mass is 660 g/mol. The highest BCUT2D eigenvalue weighted by Gasteiger charge is 2.52. The van der Waals surface area contributed by atoms with E-state index in [4.69, 9.17) is 31.6 Å². The number of hydrogen-bond donors (Lipinski definition) is 0. The molecule has 0 radical (unpaired) electrons. The maximum Gasteiger partial charge on any atom is 0.242 e. The van der Waals surface area contributed by atoms with Crippen LogP contribution in [0.15, 0.2) is 24.3 Å². The number of benzene rings is 1. The minimum atomic E-state index is -2.00. The van der Waals surface area contributed by atoms with E-state index in [1.807, 2.05) is 0 Å². The van der Waals surface area contributed by atoms with Crippen LogP contribution < -0.4 is 4.43 Å². The Kier molecular flexibility index (Phi) is 12.9. The normalized spacial score (nSPS) is 24.9. The van der Waals surface area contributed by atoms with Crippen LogP contribution in [0.3, 0.4) is 0 Å². The van der Waals surface area contributed by atoms with Crippen molar-refractivity contribution in [3.63, 3.8) is 0 Å². The maximum atomic E-state index is 6.93. The summed E-state index contributed by atoms with van der Waals surface area (Å²) < 4.78 is 46.4. The second-order valence-corrected chi connectivity index (χ2v) is 38.4. The van der Waals surface area contributed by atoms with Crippen LogP contribution in [0.5, 0.6) is 5.75 Å². The van der Waals surface area contributed by atoms with Crippen LogP contribution in [0.4, 0.5) is 0 Å². The fraction of sp³-hybridized carbons (Fsp3) is 0.793. The van der Waals surface area contributed by atoms with E-state index in [1.165, 1.54) is 5.56 Å². The highest BCUT2D eigenvalue weighted by atomic mass is 28.4. The van der Waals surface area contributed by atoms with Crippen LogP contribution in [0, 0.1) is 0 Å². The van der Waals surface area contributed by atoms with Crippen LogP contribution in [0.2, 0.25) is 98.2 Å². The highest BCUT2D eigenvalue weighted by molar-refractivity contribution is 6.71. The lowest BCUT2D eigenvalue weighted by Gasteiger charge is -2.50. The molecule has 0 aromatic heterocycles. The summed E-state index contributed by atoms with van der Waals surface area (Å²) in [5.74, 6) is 0.930. The zero-order chi connectivity index (χ0) is 31.4. The van der Waals surface area contributed by atoms with Crippen LogP contribution in [0.25, 0.3) is 0 Å². The van der Waals surface area contributed by atoms with Gasteiger partial charge in [0, 0.05) is 0 Å². The van der Waals surface area contributed by atoms with E-state index < -0.39 is 54.0 Å². The summed E-state index contributed by atoms with van der Waals surface area (Å²) in [4.78, 5) is 0. The third-order valence-corrected chi connectivity index (χ3v) is 10.5. The Hall–Kier alpha value is -0.136. The first-order valence-electron chi connectivity index (χ1n) is 15.1. The molecule has 0 spiro atoms. The molecule has 0 N–H and O–H groups in total. The maximum absolute atomic E-state index is 6.93. The molecule has 238 valence electrons. The summed E-state index contributed by atoms with van der Waals surface area (Å²) in [6, 6.07) is 8.38. The molecule has 0 saturated carbocycles. The number of ether oxygens (including phenoxy) is 2. The average Bonchev–Trinajstić information content (AvgIpc) is 2.73. The molecule has 41 heavy (non-hydrogen) atoms. The summed E-state index contributed by atoms with van der Waals surface area (Å²) >= 11 is 0. The molecule has 5 atom stereocenters. The summed E-state index contributed by atoms with van der Waals surface area (Å²) in [5.41, 5.74) is 1.20. The Balaban J connectivity index is 2.36. The predicted octanol–water partition coefficient (Wildman–Crippen LogP) is 7.70. The Morgan fingerprint density at radius 2 is 1.10 bits per heavy atom. The molecular formula is C29H60O7Si5. The lowest BCUT2D eigenvalue weighted by Crippen LogP contribution is -2.66. The van der Waals surface area contributed by atoms with Crippen LogP contribution in [-0.4, -0.2) is 85.5 Å². The molecule has 7 nitrogen and oxygen atoms in total. The van der Waals surface area contributed by atoms with Crippen molar-refractivity contribution in [2.75, 3.05) is 13.2 Å². The van der Waals surface area contributed by atoms with Gasteiger partial charge in [-0.25, -0.2) is 0 Å². The number of rotatable bonds is 15. The lowest BCUT2D eigenvalue weighted by molar-refractivity contribution is -0.282. The topological polar surface area (TPSA) is 64.6 Å². The van der Waals surface area contributed by atoms with Gasteiger partial charge in [-0.2, -0.15) is 0 Å². The summed E-state index contributed by atoms with van der Waals surface area (Å²) in [7, 11) is -9.38. The summed E-state index contributed by atoms with van der Waals surface area (Å²) in [5, 5.41) is 0. The van der Waals surface area contributed by atoms with E-state index in [9.17, 15) is 0 Å². The molecule has 5 unspecified atom stereocenters. The first kappa shape index (κ1) is 37.1. The van der Waals surface area contributed by atoms with Crippen molar-refractivity contribution in [3.05, 3.63) is 29.8 Å². The molecule has 1 heterocycles. The van der Waals surface area contributed by atoms with Gasteiger partial charge in [0.2, 0.25) is 8.32 Å². The van der Waals surface area contributed by atoms with E-state index in [-0.39, 0.29) is 18.3 Å². The molecule has 1 aromatic carbocycles. The van der Waals surface area contributed by atoms with Crippen molar-refractivity contribution in [1.29, 1.82) is 0 Å². The van der Waals surface area contributed by atoms with Crippen molar-refractivity contribution in [3.8, 4) is 5.75 Å². The van der Waals surface area contributed by atoms with E-state index in [0.717, 1.165) is 12.2 Å². The van der Waals surface area contributed by atoms with Gasteiger partial charge in [0.05, 0.1) is 13.2 Å². The molecule has 12 heteroatoms. The second kappa shape index (κ2) is 14.3. The van der Waals surface area contributed by atoms with Crippen LogP contribution in [0.1, 0.15) is 5.56 Å². The van der Waals surface area contributed by atoms with Gasteiger partial charge in [0.25, 0.3) is 0 Å². The van der Waals surface area contributed by atoms with E-state index >= 15 is 0 Å². The van der Waals surface area contributed by atoms with Crippen molar-refractivity contribution in [1.82, 2.24) is 0 Å². The van der Waals surface area contributed by atoms with Crippen LogP contribution >= 0.6 is 0 Å². The fourth-order valence-electron chi connectivity index (χ4n) is 4.45. The molecule has 1 saturated heterocycles. The zero-order valence-electron chi connectivity index (χ0n) is 28.7. The Bertz CT molecular complexity index is 928. The minimum Gasteiger partial charge on any atom is -0.544 e. The van der Waals surface area contributed by atoms with Crippen molar-refractivity contribution < 1.29 is 31.6 Å². The van der Waals surface area contributed by atoms with E-state index in [2.05, 4.69) is 122 Å². The smallest absolute Gasteiger partial charge is 0.242 e. The second-order valence-electron chi connectivity index (χ2n) is 16.0. The largest absolute Gasteiger partial charge is 0.544 e. The summed E-state index contributed by atoms with van der Waals surface area (Å²) in [6.45, 7) is 34.0. The van der Waals surface area contributed by atoms with Crippen molar-refractivity contribution >= 4 is 41.6 Å². The Labute approximate surface area is 256 Å². The van der Waals surface area contributed by atoms with Gasteiger partial charge in [-0.05, 0) is 122 Å². The molecular weight excluding hydrogens is 601 g/mol. The third kappa shape index (κ3) is 14.9. The minimum absolute atomic E-state index is 0.296. The quantitative estimate of drug-likeness (QED) is 0.179. The summed E-state index contributed by atoms with van der Waals surface area (Å²) in [6.07, 6.45) is -1.10. The number of hydrogen-bond acceptors (Lipinski definition) is 7. The first-order valence-corrected chi connectivity index (χ1v) is 32.2. The highest BCUT2D eigenvalue weighted by Crippen LogP contribution is 2.34. The molecule has 1 aliphatic rings. The van der Waals surface area contributed by atoms with Gasteiger partial charge in [-0.15, -0.1) is 0 Å². The fourth-order valence-corrected chi connectivity index (χ4v) is 9.03. The van der Waals surface area contributed by atoms with Gasteiger partial charge in [-0.1, -0.05) is 12.1 Å². The molecule has 1 aromatic rings. The van der Waals surface area contributed by atoms with Crippen LogP contribution in [-0.2, 0) is 33.6 Å². The molecule has 1 aliphatic heterocycles. The first-order chi connectivity index (χ1) is 18.4. The van der Waals surface area contributed by atoms with Gasteiger partial charge in [0.1, 0.15) is 30.2 Å². The standard InChI is InChI=1S/C29H60O7Si5/c1-37(2,3)31-22-25-26(34-39(7,8)9)27(35-40(10,11)12)28(29(32-25)36-41(13,14)15)30-21-20-23-16-18-24(19-17-23)33-38(4,5)6/h16-19,25-29H,20-22H2,1-15H3. The lowest BCUT2D eigenvalue weighted by atomic mass is 9.99. The Morgan fingerprint density at radius 3 is 1.56 bits per heavy atom. The van der Waals surface area contributed by atoms with Gasteiger partial charge in [0.15, 0.2) is 39.6 Å². The van der Waals surface area contributed by atoms with Crippen molar-refractivity contribution in [2.24, 2.45) is 0 Å². The zero-order valence-corrected chi connectivity index (χ0v) is 33.7.